The second-order valence-corrected chi connectivity index (χ2v) is 4.97. The Morgan fingerprint density at radius 2 is 1.95 bits per heavy atom. The number of pyridine rings is 1. The maximum absolute atomic E-state index is 11.3. The first-order chi connectivity index (χ1) is 9.40. The molecule has 20 heavy (non-hydrogen) atoms. The van der Waals surface area contributed by atoms with Crippen LogP contribution in [0.2, 0.25) is 5.02 Å². The lowest BCUT2D eigenvalue weighted by molar-refractivity contribution is 0.0997. The molecular formula is C14H15ClN4O. The number of carbonyl (C=O) groups excluding carboxylic acids is 1. The summed E-state index contributed by atoms with van der Waals surface area (Å²) >= 11 is 5.99. The van der Waals surface area contributed by atoms with Crippen molar-refractivity contribution in [2.24, 2.45) is 5.73 Å². The molecule has 1 amide bonds. The molecule has 0 saturated carbocycles. The highest BCUT2D eigenvalue weighted by Crippen LogP contribution is 2.19. The van der Waals surface area contributed by atoms with Crippen molar-refractivity contribution in [3.63, 3.8) is 0 Å². The topological polar surface area (TPSA) is 97.9 Å². The highest BCUT2D eigenvalue weighted by molar-refractivity contribution is 6.30. The van der Waals surface area contributed by atoms with Gasteiger partial charge in [-0.25, -0.2) is 0 Å². The van der Waals surface area contributed by atoms with Gasteiger partial charge < -0.3 is 16.0 Å². The van der Waals surface area contributed by atoms with E-state index in [-0.39, 0.29) is 17.1 Å². The third-order valence-electron chi connectivity index (χ3n) is 3.16. The van der Waals surface area contributed by atoms with E-state index >= 15 is 0 Å². The summed E-state index contributed by atoms with van der Waals surface area (Å²) in [7, 11) is 0. The highest BCUT2D eigenvalue weighted by atomic mass is 35.5. The first-order valence-corrected chi connectivity index (χ1v) is 6.39. The number of nitrogens with two attached hydrogens (primary N) is 2. The third-order valence-corrected chi connectivity index (χ3v) is 3.37. The van der Waals surface area contributed by atoms with Crippen LogP contribution in [0.3, 0.4) is 0 Å². The van der Waals surface area contributed by atoms with E-state index in [0.29, 0.717) is 10.7 Å². The normalized spacial score (nSPS) is 12.1. The van der Waals surface area contributed by atoms with E-state index in [2.05, 4.69) is 0 Å². The number of nitrogen functional groups attached to an aromatic ring is 1. The van der Waals surface area contributed by atoms with Crippen LogP contribution in [0.1, 0.15) is 28.9 Å². The lowest BCUT2D eigenvalue weighted by atomic mass is 10.1. The molecule has 0 bridgehead atoms. The average molecular weight is 291 g/mol. The Balaban J connectivity index is 2.55. The predicted octanol–water partition coefficient (Wildman–Crippen LogP) is 1.91. The van der Waals surface area contributed by atoms with Gasteiger partial charge in [-0.1, -0.05) is 23.7 Å². The van der Waals surface area contributed by atoms with Crippen LogP contribution in [0.4, 0.5) is 5.69 Å². The number of amides is 1. The summed E-state index contributed by atoms with van der Waals surface area (Å²) in [6.45, 7) is 1.91. The van der Waals surface area contributed by atoms with Gasteiger partial charge in [-0.2, -0.15) is 0 Å². The Morgan fingerprint density at radius 3 is 2.50 bits per heavy atom. The Bertz CT molecular complexity index is 706. The summed E-state index contributed by atoms with van der Waals surface area (Å²) < 4.78 is 1.61. The Hall–Kier alpha value is -2.27. The van der Waals surface area contributed by atoms with Crippen LogP contribution in [0.5, 0.6) is 0 Å². The predicted molar refractivity (Wildman–Crippen MR) is 78.5 cm³/mol. The molecule has 1 aromatic carbocycles. The molecule has 0 aliphatic heterocycles. The molecular weight excluding hydrogens is 276 g/mol. The lowest BCUT2D eigenvalue weighted by Crippen LogP contribution is -2.31. The van der Waals surface area contributed by atoms with Crippen molar-refractivity contribution in [2.75, 3.05) is 5.73 Å². The van der Waals surface area contributed by atoms with Crippen LogP contribution in [0.15, 0.2) is 36.5 Å². The number of primary amides is 1. The van der Waals surface area contributed by atoms with Gasteiger partial charge in [0, 0.05) is 11.9 Å². The van der Waals surface area contributed by atoms with E-state index in [9.17, 15) is 4.79 Å². The fourth-order valence-electron chi connectivity index (χ4n) is 2.01. The zero-order valence-electron chi connectivity index (χ0n) is 10.9. The quantitative estimate of drug-likeness (QED) is 0.753. The summed E-state index contributed by atoms with van der Waals surface area (Å²) in [6.07, 6.45) is 1.61. The van der Waals surface area contributed by atoms with Gasteiger partial charge in [-0.05, 0) is 30.7 Å². The number of nitrogens with zero attached hydrogens (tertiary/aromatic N) is 1. The molecule has 1 aromatic heterocycles. The molecule has 5 nitrogen and oxygen atoms in total. The molecule has 0 aliphatic carbocycles. The number of aromatic nitrogens is 1. The minimum absolute atomic E-state index is 0.0335. The summed E-state index contributed by atoms with van der Waals surface area (Å²) in [6, 6.07) is 8.55. The maximum atomic E-state index is 11.3. The van der Waals surface area contributed by atoms with Gasteiger partial charge in [0.25, 0.3) is 5.91 Å². The molecule has 6 heteroatoms. The molecule has 5 N–H and O–H groups in total. The standard InChI is InChI=1S/C14H15ClN4O/c1-8(9-2-4-11(16)5-3-9)19-7-10(15)6-12(13(19)17)14(18)20/h2-8,17H,16H2,1H3,(H2,18,20). The van der Waals surface area contributed by atoms with Crippen LogP contribution in [-0.4, -0.2) is 10.5 Å². The molecule has 0 aliphatic rings. The van der Waals surface area contributed by atoms with E-state index in [0.717, 1.165) is 5.56 Å². The summed E-state index contributed by atoms with van der Waals surface area (Å²) in [5, 5.41) is 8.43. The molecule has 1 unspecified atom stereocenters. The van der Waals surface area contributed by atoms with Crippen LogP contribution in [-0.2, 0) is 0 Å². The van der Waals surface area contributed by atoms with Crippen LogP contribution < -0.4 is 17.0 Å². The minimum Gasteiger partial charge on any atom is -0.399 e. The molecule has 2 aromatic rings. The SMILES string of the molecule is CC(c1ccc(N)cc1)n1cc(Cl)cc(C(N)=O)c1=N. The maximum Gasteiger partial charge on any atom is 0.252 e. The number of carbonyl (C=O) groups is 1. The Kier molecular flexibility index (Phi) is 3.81. The van der Waals surface area contributed by atoms with E-state index in [4.69, 9.17) is 28.5 Å². The second kappa shape index (κ2) is 5.38. The third kappa shape index (κ3) is 2.67. The van der Waals surface area contributed by atoms with E-state index in [1.165, 1.54) is 6.07 Å². The van der Waals surface area contributed by atoms with E-state index in [1.54, 1.807) is 22.9 Å². The molecule has 0 spiro atoms. The highest BCUT2D eigenvalue weighted by Gasteiger charge is 2.13. The number of hydrogen-bond donors (Lipinski definition) is 3. The Morgan fingerprint density at radius 1 is 1.35 bits per heavy atom. The lowest BCUT2D eigenvalue weighted by Gasteiger charge is -2.18. The van der Waals surface area contributed by atoms with Gasteiger partial charge in [0.2, 0.25) is 0 Å². The van der Waals surface area contributed by atoms with Gasteiger partial charge in [-0.15, -0.1) is 0 Å². The molecule has 0 fully saturated rings. The van der Waals surface area contributed by atoms with Crippen molar-refractivity contribution in [3.05, 3.63) is 58.2 Å². The van der Waals surface area contributed by atoms with Crippen molar-refractivity contribution in [2.45, 2.75) is 13.0 Å². The molecule has 1 heterocycles. The Labute approximate surface area is 121 Å². The summed E-state index contributed by atoms with van der Waals surface area (Å²) in [5.74, 6) is -0.671. The number of halogens is 1. The van der Waals surface area contributed by atoms with Crippen molar-refractivity contribution < 1.29 is 4.79 Å². The van der Waals surface area contributed by atoms with Crippen molar-refractivity contribution in [1.29, 1.82) is 5.41 Å². The number of nitrogens with one attached hydrogen (secondary N) is 1. The molecule has 0 radical (unpaired) electrons. The first-order valence-electron chi connectivity index (χ1n) is 6.01. The fourth-order valence-corrected chi connectivity index (χ4v) is 2.22. The molecule has 1 atom stereocenters. The number of hydrogen-bond acceptors (Lipinski definition) is 3. The summed E-state index contributed by atoms with van der Waals surface area (Å²) in [5.41, 5.74) is 12.7. The largest absolute Gasteiger partial charge is 0.399 e. The fraction of sp³-hybridized carbons (Fsp3) is 0.143. The smallest absolute Gasteiger partial charge is 0.252 e. The van der Waals surface area contributed by atoms with Gasteiger partial charge in [0.05, 0.1) is 16.6 Å². The van der Waals surface area contributed by atoms with Crippen molar-refractivity contribution in [1.82, 2.24) is 4.57 Å². The summed E-state index contributed by atoms with van der Waals surface area (Å²) in [4.78, 5) is 11.3. The first kappa shape index (κ1) is 14.1. The monoisotopic (exact) mass is 290 g/mol. The van der Waals surface area contributed by atoms with E-state index < -0.39 is 5.91 Å². The van der Waals surface area contributed by atoms with Gasteiger partial charge >= 0.3 is 0 Å². The zero-order chi connectivity index (χ0) is 14.9. The minimum atomic E-state index is -0.671. The van der Waals surface area contributed by atoms with Crippen LogP contribution >= 0.6 is 11.6 Å². The second-order valence-electron chi connectivity index (χ2n) is 4.53. The number of anilines is 1. The molecule has 0 saturated heterocycles. The zero-order valence-corrected chi connectivity index (χ0v) is 11.7. The van der Waals surface area contributed by atoms with Gasteiger partial charge in [0.1, 0.15) is 5.49 Å². The van der Waals surface area contributed by atoms with E-state index in [1.807, 2.05) is 19.1 Å². The van der Waals surface area contributed by atoms with Crippen LogP contribution in [0.25, 0.3) is 0 Å². The average Bonchev–Trinajstić information content (AvgIpc) is 2.41. The molecule has 104 valence electrons. The van der Waals surface area contributed by atoms with Gasteiger partial charge in [-0.3, -0.25) is 10.2 Å². The van der Waals surface area contributed by atoms with Gasteiger partial charge in [0.15, 0.2) is 0 Å². The van der Waals surface area contributed by atoms with Crippen molar-refractivity contribution in [3.8, 4) is 0 Å². The van der Waals surface area contributed by atoms with Crippen molar-refractivity contribution >= 4 is 23.2 Å². The van der Waals surface area contributed by atoms with Crippen LogP contribution in [0, 0.1) is 5.41 Å². The number of benzene rings is 1. The molecule has 2 rings (SSSR count). The number of rotatable bonds is 3.